The second-order valence-electron chi connectivity index (χ2n) is 4.78. The van der Waals surface area contributed by atoms with Crippen molar-refractivity contribution in [1.29, 1.82) is 0 Å². The maximum absolute atomic E-state index is 11.4. The van der Waals surface area contributed by atoms with Crippen molar-refractivity contribution in [2.45, 2.75) is 44.9 Å². The fourth-order valence-corrected chi connectivity index (χ4v) is 3.41. The predicted octanol–water partition coefficient (Wildman–Crippen LogP) is 3.98. The lowest BCUT2D eigenvalue weighted by atomic mass is 9.78. The van der Waals surface area contributed by atoms with E-state index < -0.39 is 0 Å². The zero-order chi connectivity index (χ0) is 12.1. The highest BCUT2D eigenvalue weighted by Crippen LogP contribution is 2.37. The SMILES string of the molecule is CCOC(=O)CC1CCC(c2ccsc2)CC1. The number of carbonyl (C=O) groups is 1. The molecule has 17 heavy (non-hydrogen) atoms. The number of hydrogen-bond donors (Lipinski definition) is 0. The summed E-state index contributed by atoms with van der Waals surface area (Å²) in [6.07, 6.45) is 5.39. The zero-order valence-corrected chi connectivity index (χ0v) is 11.2. The minimum absolute atomic E-state index is 0.0218. The molecule has 3 heteroatoms. The van der Waals surface area contributed by atoms with Gasteiger partial charge in [-0.1, -0.05) is 0 Å². The second kappa shape index (κ2) is 6.20. The van der Waals surface area contributed by atoms with Crippen LogP contribution in [0.2, 0.25) is 0 Å². The summed E-state index contributed by atoms with van der Waals surface area (Å²) in [5.74, 6) is 1.25. The normalized spacial score (nSPS) is 24.5. The lowest BCUT2D eigenvalue weighted by Crippen LogP contribution is -2.17. The number of ether oxygens (including phenoxy) is 1. The minimum atomic E-state index is -0.0218. The van der Waals surface area contributed by atoms with Gasteiger partial charge in [0.05, 0.1) is 6.61 Å². The van der Waals surface area contributed by atoms with Crippen molar-refractivity contribution in [3.05, 3.63) is 22.4 Å². The number of hydrogen-bond acceptors (Lipinski definition) is 3. The number of esters is 1. The molecule has 1 heterocycles. The Morgan fingerprint density at radius 1 is 1.41 bits per heavy atom. The Morgan fingerprint density at radius 2 is 2.18 bits per heavy atom. The molecular weight excluding hydrogens is 232 g/mol. The summed E-state index contributed by atoms with van der Waals surface area (Å²) >= 11 is 1.78. The Morgan fingerprint density at radius 3 is 2.76 bits per heavy atom. The van der Waals surface area contributed by atoms with Gasteiger partial charge >= 0.3 is 5.97 Å². The second-order valence-corrected chi connectivity index (χ2v) is 5.56. The molecule has 0 N–H and O–H groups in total. The van der Waals surface area contributed by atoms with E-state index in [1.54, 1.807) is 11.3 Å². The Bertz CT molecular complexity index is 337. The van der Waals surface area contributed by atoms with Crippen molar-refractivity contribution in [2.75, 3.05) is 6.61 Å². The molecule has 1 aromatic heterocycles. The summed E-state index contributed by atoms with van der Waals surface area (Å²) in [4.78, 5) is 11.4. The topological polar surface area (TPSA) is 26.3 Å². The highest BCUT2D eigenvalue weighted by atomic mass is 32.1. The third-order valence-corrected chi connectivity index (χ3v) is 4.32. The van der Waals surface area contributed by atoms with Crippen molar-refractivity contribution >= 4 is 17.3 Å². The molecule has 1 fully saturated rings. The van der Waals surface area contributed by atoms with Crippen LogP contribution < -0.4 is 0 Å². The molecule has 1 saturated carbocycles. The molecule has 0 aromatic carbocycles. The van der Waals surface area contributed by atoms with Crippen molar-refractivity contribution < 1.29 is 9.53 Å². The van der Waals surface area contributed by atoms with Crippen molar-refractivity contribution in [3.63, 3.8) is 0 Å². The summed E-state index contributed by atoms with van der Waals surface area (Å²) < 4.78 is 5.01. The van der Waals surface area contributed by atoms with Crippen LogP contribution in [0.3, 0.4) is 0 Å². The molecule has 0 aliphatic heterocycles. The van der Waals surface area contributed by atoms with Crippen molar-refractivity contribution in [1.82, 2.24) is 0 Å². The standard InChI is InChI=1S/C14H20O2S/c1-2-16-14(15)9-11-3-5-12(6-4-11)13-7-8-17-10-13/h7-8,10-12H,2-6,9H2,1H3. The van der Waals surface area contributed by atoms with Crippen molar-refractivity contribution in [2.24, 2.45) is 5.92 Å². The van der Waals surface area contributed by atoms with Gasteiger partial charge in [-0.25, -0.2) is 0 Å². The molecule has 0 amide bonds. The summed E-state index contributed by atoms with van der Waals surface area (Å²) in [6, 6.07) is 2.24. The van der Waals surface area contributed by atoms with Gasteiger partial charge in [-0.05, 0) is 66.8 Å². The van der Waals surface area contributed by atoms with Gasteiger partial charge < -0.3 is 4.74 Å². The van der Waals surface area contributed by atoms with Crippen LogP contribution in [-0.2, 0) is 9.53 Å². The van der Waals surface area contributed by atoms with Crippen LogP contribution >= 0.6 is 11.3 Å². The van der Waals surface area contributed by atoms with E-state index in [2.05, 4.69) is 16.8 Å². The third kappa shape index (κ3) is 3.56. The average Bonchev–Trinajstić information content (AvgIpc) is 2.84. The van der Waals surface area contributed by atoms with E-state index in [0.29, 0.717) is 18.9 Å². The van der Waals surface area contributed by atoms with Gasteiger partial charge in [0.2, 0.25) is 0 Å². The summed E-state index contributed by atoms with van der Waals surface area (Å²) in [7, 11) is 0. The first kappa shape index (κ1) is 12.6. The van der Waals surface area contributed by atoms with E-state index in [9.17, 15) is 4.79 Å². The van der Waals surface area contributed by atoms with E-state index in [-0.39, 0.29) is 5.97 Å². The van der Waals surface area contributed by atoms with E-state index >= 15 is 0 Å². The average molecular weight is 252 g/mol. The van der Waals surface area contributed by atoms with E-state index in [4.69, 9.17) is 4.74 Å². The smallest absolute Gasteiger partial charge is 0.306 e. The van der Waals surface area contributed by atoms with Crippen LogP contribution in [0.5, 0.6) is 0 Å². The summed E-state index contributed by atoms with van der Waals surface area (Å²) in [6.45, 7) is 2.37. The van der Waals surface area contributed by atoms with Gasteiger partial charge in [0, 0.05) is 6.42 Å². The molecular formula is C14H20O2S. The molecule has 0 saturated heterocycles. The third-order valence-electron chi connectivity index (χ3n) is 3.62. The molecule has 1 aliphatic rings. The van der Waals surface area contributed by atoms with Gasteiger partial charge in [-0.2, -0.15) is 11.3 Å². The predicted molar refractivity (Wildman–Crippen MR) is 70.3 cm³/mol. The molecule has 2 nitrogen and oxygen atoms in total. The maximum atomic E-state index is 11.4. The molecule has 0 spiro atoms. The first-order valence-corrected chi connectivity index (χ1v) is 7.41. The molecule has 1 aromatic rings. The largest absolute Gasteiger partial charge is 0.466 e. The van der Waals surface area contributed by atoms with Crippen LogP contribution in [0.4, 0.5) is 0 Å². The van der Waals surface area contributed by atoms with Crippen LogP contribution in [0.15, 0.2) is 16.8 Å². The Labute approximate surface area is 107 Å². The first-order chi connectivity index (χ1) is 8.29. The highest BCUT2D eigenvalue weighted by Gasteiger charge is 2.24. The van der Waals surface area contributed by atoms with Gasteiger partial charge in [-0.3, -0.25) is 4.79 Å². The molecule has 0 bridgehead atoms. The molecule has 1 aliphatic carbocycles. The lowest BCUT2D eigenvalue weighted by molar-refractivity contribution is -0.144. The molecule has 0 radical (unpaired) electrons. The monoisotopic (exact) mass is 252 g/mol. The van der Waals surface area contributed by atoms with Gasteiger partial charge in [-0.15, -0.1) is 0 Å². The molecule has 0 unspecified atom stereocenters. The van der Waals surface area contributed by atoms with E-state index in [1.165, 1.54) is 31.2 Å². The lowest BCUT2D eigenvalue weighted by Gasteiger charge is -2.27. The van der Waals surface area contributed by atoms with E-state index in [0.717, 1.165) is 5.92 Å². The summed E-state index contributed by atoms with van der Waals surface area (Å²) in [5, 5.41) is 4.41. The van der Waals surface area contributed by atoms with Gasteiger partial charge in [0.25, 0.3) is 0 Å². The number of thiophene rings is 1. The van der Waals surface area contributed by atoms with E-state index in [1.807, 2.05) is 6.92 Å². The van der Waals surface area contributed by atoms with Gasteiger partial charge in [0.1, 0.15) is 0 Å². The fraction of sp³-hybridized carbons (Fsp3) is 0.643. The maximum Gasteiger partial charge on any atom is 0.306 e. The quantitative estimate of drug-likeness (QED) is 0.758. The number of carbonyl (C=O) groups excluding carboxylic acids is 1. The van der Waals surface area contributed by atoms with Crippen LogP contribution in [0.25, 0.3) is 0 Å². The Kier molecular flexibility index (Phi) is 4.60. The van der Waals surface area contributed by atoms with Gasteiger partial charge in [0.15, 0.2) is 0 Å². The number of rotatable bonds is 4. The van der Waals surface area contributed by atoms with Crippen LogP contribution in [-0.4, -0.2) is 12.6 Å². The van der Waals surface area contributed by atoms with Crippen molar-refractivity contribution in [3.8, 4) is 0 Å². The summed E-state index contributed by atoms with van der Waals surface area (Å²) in [5.41, 5.74) is 1.49. The fourth-order valence-electron chi connectivity index (χ4n) is 2.66. The Hall–Kier alpha value is -0.830. The first-order valence-electron chi connectivity index (χ1n) is 6.47. The minimum Gasteiger partial charge on any atom is -0.466 e. The molecule has 0 atom stereocenters. The Balaban J connectivity index is 1.76. The van der Waals surface area contributed by atoms with Crippen LogP contribution in [0.1, 0.15) is 50.5 Å². The highest BCUT2D eigenvalue weighted by molar-refractivity contribution is 7.07. The van der Waals surface area contributed by atoms with Crippen LogP contribution in [0, 0.1) is 5.92 Å². The molecule has 2 rings (SSSR count). The zero-order valence-electron chi connectivity index (χ0n) is 10.4. The molecule has 94 valence electrons.